The summed E-state index contributed by atoms with van der Waals surface area (Å²) >= 11 is 0. The van der Waals surface area contributed by atoms with Gasteiger partial charge in [0, 0.05) is 12.5 Å². The maximum absolute atomic E-state index is 11.4. The van der Waals surface area contributed by atoms with E-state index in [9.17, 15) is 4.79 Å². The first-order chi connectivity index (χ1) is 8.52. The second-order valence-corrected chi connectivity index (χ2v) is 4.64. The molecule has 0 aromatic rings. The summed E-state index contributed by atoms with van der Waals surface area (Å²) in [7, 11) is 0. The molecule has 2 bridgehead atoms. The van der Waals surface area contributed by atoms with Crippen molar-refractivity contribution >= 4 is 5.97 Å². The Labute approximate surface area is 107 Å². The molecule has 3 aliphatic rings. The third-order valence-electron chi connectivity index (χ3n) is 3.41. The lowest BCUT2D eigenvalue weighted by atomic mass is 9.99. The van der Waals surface area contributed by atoms with E-state index in [4.69, 9.17) is 18.9 Å². The van der Waals surface area contributed by atoms with Gasteiger partial charge in [-0.25, -0.2) is 4.79 Å². The normalized spacial score (nSPS) is 38.9. The third-order valence-corrected chi connectivity index (χ3v) is 3.41. The predicted molar refractivity (Wildman–Crippen MR) is 63.5 cm³/mol. The minimum Gasteiger partial charge on any atom is -0.453 e. The Hall–Kier alpha value is -0.910. The average molecular weight is 256 g/mol. The molecule has 3 saturated heterocycles. The molecular weight excluding hydrogens is 236 g/mol. The van der Waals surface area contributed by atoms with Gasteiger partial charge in [-0.1, -0.05) is 26.8 Å². The van der Waals surface area contributed by atoms with Crippen LogP contribution in [0.2, 0.25) is 0 Å². The molecule has 0 aromatic heterocycles. The summed E-state index contributed by atoms with van der Waals surface area (Å²) in [6, 6.07) is 0. The number of fused-ring (bicyclic) bond motifs is 1. The molecule has 0 aliphatic carbocycles. The molecule has 0 amide bonds. The van der Waals surface area contributed by atoms with Crippen LogP contribution in [0.1, 0.15) is 40.0 Å². The Bertz CT molecular complexity index is 345. The van der Waals surface area contributed by atoms with E-state index in [1.807, 2.05) is 20.8 Å². The molecule has 3 rings (SSSR count). The Morgan fingerprint density at radius 2 is 2.17 bits per heavy atom. The van der Waals surface area contributed by atoms with Crippen LogP contribution in [0.3, 0.4) is 0 Å². The van der Waals surface area contributed by atoms with Gasteiger partial charge in [0.15, 0.2) is 6.10 Å². The molecule has 3 aliphatic heterocycles. The van der Waals surface area contributed by atoms with E-state index in [0.717, 1.165) is 12.5 Å². The Morgan fingerprint density at radius 1 is 1.50 bits per heavy atom. The fourth-order valence-electron chi connectivity index (χ4n) is 2.47. The van der Waals surface area contributed by atoms with E-state index < -0.39 is 23.8 Å². The van der Waals surface area contributed by atoms with Gasteiger partial charge in [-0.05, 0) is 13.3 Å². The number of hydrogen-bond acceptors (Lipinski definition) is 5. The van der Waals surface area contributed by atoms with Gasteiger partial charge in [-0.2, -0.15) is 0 Å². The number of ether oxygens (including phenoxy) is 4. The minimum absolute atomic E-state index is 0.258. The summed E-state index contributed by atoms with van der Waals surface area (Å²) < 4.78 is 22.6. The number of carbonyl (C=O) groups excluding carboxylic acids is 1. The molecule has 18 heavy (non-hydrogen) atoms. The molecule has 3 heterocycles. The third kappa shape index (κ3) is 1.86. The highest BCUT2D eigenvalue weighted by Gasteiger charge is 2.73. The smallest absolute Gasteiger partial charge is 0.330 e. The standard InChI is InChI=1S/C13H20O5/c1-5-8-10(15-11(14)6-2)13-9(4)16-12(7-3,17-13)18-13/h6,9-10H,2,5,7-8H2,1,3-4H3. The lowest BCUT2D eigenvalue weighted by Gasteiger charge is -2.47. The maximum atomic E-state index is 11.4. The van der Waals surface area contributed by atoms with Crippen LogP contribution in [0, 0.1) is 0 Å². The Morgan fingerprint density at radius 3 is 2.61 bits per heavy atom. The second-order valence-electron chi connectivity index (χ2n) is 4.64. The zero-order chi connectivity index (χ0) is 13.4. The highest BCUT2D eigenvalue weighted by molar-refractivity contribution is 5.81. The van der Waals surface area contributed by atoms with Crippen molar-refractivity contribution in [3.05, 3.63) is 12.7 Å². The number of carbonyl (C=O) groups is 1. The lowest BCUT2D eigenvalue weighted by Crippen LogP contribution is -2.63. The van der Waals surface area contributed by atoms with Crippen molar-refractivity contribution in [3.8, 4) is 0 Å². The summed E-state index contributed by atoms with van der Waals surface area (Å²) in [6.07, 6.45) is 2.54. The van der Waals surface area contributed by atoms with E-state index in [-0.39, 0.29) is 6.10 Å². The minimum atomic E-state index is -0.954. The van der Waals surface area contributed by atoms with Gasteiger partial charge in [0.25, 0.3) is 5.97 Å². The summed E-state index contributed by atoms with van der Waals surface area (Å²) in [5.74, 6) is -2.36. The van der Waals surface area contributed by atoms with Crippen LogP contribution >= 0.6 is 0 Å². The van der Waals surface area contributed by atoms with Crippen molar-refractivity contribution < 1.29 is 23.7 Å². The van der Waals surface area contributed by atoms with E-state index in [2.05, 4.69) is 6.58 Å². The van der Waals surface area contributed by atoms with E-state index in [1.54, 1.807) is 0 Å². The summed E-state index contributed by atoms with van der Waals surface area (Å²) in [5, 5.41) is 0. The first kappa shape index (κ1) is 13.5. The zero-order valence-electron chi connectivity index (χ0n) is 11.1. The van der Waals surface area contributed by atoms with E-state index in [0.29, 0.717) is 12.8 Å². The van der Waals surface area contributed by atoms with Crippen molar-refractivity contribution in [1.82, 2.24) is 0 Å². The van der Waals surface area contributed by atoms with Crippen molar-refractivity contribution in [2.75, 3.05) is 0 Å². The molecule has 2 unspecified atom stereocenters. The quantitative estimate of drug-likeness (QED) is 0.538. The van der Waals surface area contributed by atoms with Crippen LogP contribution < -0.4 is 0 Å². The molecule has 0 saturated carbocycles. The number of esters is 1. The first-order valence-corrected chi connectivity index (χ1v) is 6.43. The second kappa shape index (κ2) is 4.64. The average Bonchev–Trinajstić information content (AvgIpc) is 2.76. The fourth-order valence-corrected chi connectivity index (χ4v) is 2.47. The summed E-state index contributed by atoms with van der Waals surface area (Å²) in [5.41, 5.74) is 0. The van der Waals surface area contributed by atoms with Gasteiger partial charge < -0.3 is 9.47 Å². The fraction of sp³-hybridized carbons (Fsp3) is 0.769. The lowest BCUT2D eigenvalue weighted by molar-refractivity contribution is -0.522. The summed E-state index contributed by atoms with van der Waals surface area (Å²) in [4.78, 5) is 11.4. The molecule has 0 aromatic carbocycles. The molecule has 2 atom stereocenters. The van der Waals surface area contributed by atoms with Gasteiger partial charge in [0.2, 0.25) is 5.79 Å². The molecule has 0 radical (unpaired) electrons. The van der Waals surface area contributed by atoms with Crippen LogP contribution in [0.15, 0.2) is 12.7 Å². The molecule has 0 N–H and O–H groups in total. The SMILES string of the molecule is C=CC(=O)OC(CCC)C12OC(CC)(OC1C)O2. The molecule has 0 spiro atoms. The first-order valence-electron chi connectivity index (χ1n) is 6.43. The Kier molecular flexibility index (Phi) is 3.49. The van der Waals surface area contributed by atoms with Crippen molar-refractivity contribution in [2.45, 2.75) is 64.0 Å². The maximum Gasteiger partial charge on any atom is 0.330 e. The molecule has 102 valence electrons. The van der Waals surface area contributed by atoms with Gasteiger partial charge in [0.1, 0.15) is 6.10 Å². The van der Waals surface area contributed by atoms with Crippen molar-refractivity contribution in [3.63, 3.8) is 0 Å². The van der Waals surface area contributed by atoms with E-state index in [1.165, 1.54) is 0 Å². The predicted octanol–water partition coefficient (Wildman–Crippen LogP) is 2.11. The van der Waals surface area contributed by atoms with Gasteiger partial charge in [-0.15, -0.1) is 0 Å². The number of hydrogen-bond donors (Lipinski definition) is 0. The Balaban J connectivity index is 2.12. The molecule has 5 heteroatoms. The van der Waals surface area contributed by atoms with Gasteiger partial charge in [0.05, 0.1) is 0 Å². The van der Waals surface area contributed by atoms with Crippen LogP contribution in [0.25, 0.3) is 0 Å². The topological polar surface area (TPSA) is 54.0 Å². The van der Waals surface area contributed by atoms with Crippen molar-refractivity contribution in [1.29, 1.82) is 0 Å². The van der Waals surface area contributed by atoms with Crippen LogP contribution in [-0.4, -0.2) is 29.9 Å². The van der Waals surface area contributed by atoms with Crippen molar-refractivity contribution in [2.24, 2.45) is 0 Å². The zero-order valence-corrected chi connectivity index (χ0v) is 11.1. The monoisotopic (exact) mass is 256 g/mol. The highest BCUT2D eigenvalue weighted by Crippen LogP contribution is 2.55. The number of rotatable bonds is 6. The van der Waals surface area contributed by atoms with Gasteiger partial charge >= 0.3 is 5.97 Å². The van der Waals surface area contributed by atoms with Crippen LogP contribution in [-0.2, 0) is 23.7 Å². The van der Waals surface area contributed by atoms with Crippen LogP contribution in [0.4, 0.5) is 0 Å². The molecule has 5 nitrogen and oxygen atoms in total. The summed E-state index contributed by atoms with van der Waals surface area (Å²) in [6.45, 7) is 9.20. The molecule has 3 fully saturated rings. The van der Waals surface area contributed by atoms with Gasteiger partial charge in [-0.3, -0.25) is 9.47 Å². The molecular formula is C13H20O5. The highest BCUT2D eigenvalue weighted by atomic mass is 17.1. The largest absolute Gasteiger partial charge is 0.453 e. The van der Waals surface area contributed by atoms with Crippen LogP contribution in [0.5, 0.6) is 0 Å². The van der Waals surface area contributed by atoms with E-state index >= 15 is 0 Å².